The van der Waals surface area contributed by atoms with Crippen molar-refractivity contribution in [2.45, 2.75) is 37.2 Å². The van der Waals surface area contributed by atoms with E-state index in [-0.39, 0.29) is 10.5 Å². The van der Waals surface area contributed by atoms with Gasteiger partial charge in [0.2, 0.25) is 10.0 Å². The van der Waals surface area contributed by atoms with Crippen molar-refractivity contribution in [2.75, 3.05) is 13.1 Å². The van der Waals surface area contributed by atoms with Gasteiger partial charge in [0.1, 0.15) is 6.10 Å². The number of esters is 1. The quantitative estimate of drug-likeness (QED) is 0.748. The molecule has 0 bridgehead atoms. The molecule has 26 heavy (non-hydrogen) atoms. The third-order valence-electron chi connectivity index (χ3n) is 4.58. The summed E-state index contributed by atoms with van der Waals surface area (Å²) in [6.45, 7) is 2.85. The SMILES string of the molecule is C[C@@H](OC(=O)c1cccc(S(=O)(=O)N2CCCCC2)c1)c1ccccc1. The fourth-order valence-electron chi connectivity index (χ4n) is 3.06. The number of benzene rings is 2. The van der Waals surface area contributed by atoms with Crippen LogP contribution < -0.4 is 0 Å². The topological polar surface area (TPSA) is 63.7 Å². The van der Waals surface area contributed by atoms with Gasteiger partial charge in [0.15, 0.2) is 0 Å². The molecule has 2 aromatic rings. The van der Waals surface area contributed by atoms with Crippen molar-refractivity contribution in [2.24, 2.45) is 0 Å². The van der Waals surface area contributed by atoms with E-state index in [1.165, 1.54) is 16.4 Å². The highest BCUT2D eigenvalue weighted by atomic mass is 32.2. The molecule has 1 saturated heterocycles. The van der Waals surface area contributed by atoms with Crippen molar-refractivity contribution >= 4 is 16.0 Å². The maximum Gasteiger partial charge on any atom is 0.338 e. The zero-order chi connectivity index (χ0) is 18.6. The van der Waals surface area contributed by atoms with Gasteiger partial charge in [-0.1, -0.05) is 42.8 Å². The molecule has 6 heteroatoms. The molecule has 5 nitrogen and oxygen atoms in total. The highest BCUT2D eigenvalue weighted by molar-refractivity contribution is 7.89. The van der Waals surface area contributed by atoms with Gasteiger partial charge < -0.3 is 4.74 Å². The summed E-state index contributed by atoms with van der Waals surface area (Å²) in [6, 6.07) is 15.5. The lowest BCUT2D eigenvalue weighted by Gasteiger charge is -2.26. The molecule has 0 aromatic heterocycles. The smallest absolute Gasteiger partial charge is 0.338 e. The Kier molecular flexibility index (Phi) is 5.74. The molecule has 0 aliphatic carbocycles. The lowest BCUT2D eigenvalue weighted by molar-refractivity contribution is 0.0337. The first-order chi connectivity index (χ1) is 12.5. The van der Waals surface area contributed by atoms with Gasteiger partial charge in [-0.3, -0.25) is 0 Å². The molecule has 1 atom stereocenters. The summed E-state index contributed by atoms with van der Waals surface area (Å²) in [5.41, 5.74) is 1.13. The van der Waals surface area contributed by atoms with E-state index in [1.54, 1.807) is 19.1 Å². The molecular formula is C20H23NO4S. The Hall–Kier alpha value is -2.18. The fraction of sp³-hybridized carbons (Fsp3) is 0.350. The predicted molar refractivity (Wildman–Crippen MR) is 99.3 cm³/mol. The van der Waals surface area contributed by atoms with E-state index in [9.17, 15) is 13.2 Å². The summed E-state index contributed by atoms with van der Waals surface area (Å²) in [7, 11) is -3.57. The van der Waals surface area contributed by atoms with E-state index in [1.807, 2.05) is 30.3 Å². The second-order valence-corrected chi connectivity index (χ2v) is 8.39. The summed E-state index contributed by atoms with van der Waals surface area (Å²) in [5.74, 6) is -0.531. The van der Waals surface area contributed by atoms with Crippen LogP contribution in [0.15, 0.2) is 59.5 Å². The zero-order valence-corrected chi connectivity index (χ0v) is 15.6. The number of hydrogen-bond donors (Lipinski definition) is 0. The molecule has 1 aliphatic rings. The van der Waals surface area contributed by atoms with Gasteiger partial charge in [-0.2, -0.15) is 4.31 Å². The van der Waals surface area contributed by atoms with Gasteiger partial charge in [0.25, 0.3) is 0 Å². The average Bonchev–Trinajstić information content (AvgIpc) is 2.69. The van der Waals surface area contributed by atoms with Crippen LogP contribution in [0.25, 0.3) is 0 Å². The van der Waals surface area contributed by atoms with Crippen LogP contribution in [-0.4, -0.2) is 31.8 Å². The van der Waals surface area contributed by atoms with Crippen molar-refractivity contribution in [3.8, 4) is 0 Å². The minimum atomic E-state index is -3.57. The maximum absolute atomic E-state index is 12.8. The van der Waals surface area contributed by atoms with E-state index in [0.29, 0.717) is 13.1 Å². The largest absolute Gasteiger partial charge is 0.454 e. The van der Waals surface area contributed by atoms with Crippen LogP contribution >= 0.6 is 0 Å². The third-order valence-corrected chi connectivity index (χ3v) is 6.47. The number of hydrogen-bond acceptors (Lipinski definition) is 4. The summed E-state index contributed by atoms with van der Waals surface area (Å²) in [6.07, 6.45) is 2.38. The van der Waals surface area contributed by atoms with Gasteiger partial charge >= 0.3 is 5.97 Å². The van der Waals surface area contributed by atoms with Gasteiger partial charge in [-0.15, -0.1) is 0 Å². The first-order valence-corrected chi connectivity index (χ1v) is 10.3. The number of piperidine rings is 1. The van der Waals surface area contributed by atoms with Gasteiger partial charge in [0, 0.05) is 13.1 Å². The van der Waals surface area contributed by atoms with Crippen LogP contribution in [0.3, 0.4) is 0 Å². The first kappa shape index (κ1) is 18.6. The van der Waals surface area contributed by atoms with Crippen LogP contribution in [0, 0.1) is 0 Å². The molecular weight excluding hydrogens is 350 g/mol. The number of carbonyl (C=O) groups is 1. The van der Waals surface area contributed by atoms with E-state index in [0.717, 1.165) is 24.8 Å². The Morgan fingerprint density at radius 2 is 1.69 bits per heavy atom. The van der Waals surface area contributed by atoms with E-state index >= 15 is 0 Å². The molecule has 2 aromatic carbocycles. The summed E-state index contributed by atoms with van der Waals surface area (Å²) in [4.78, 5) is 12.6. The monoisotopic (exact) mass is 373 g/mol. The summed E-state index contributed by atoms with van der Waals surface area (Å²) < 4.78 is 32.5. The Balaban J connectivity index is 1.77. The normalized spacial score (nSPS) is 16.8. The second kappa shape index (κ2) is 8.01. The van der Waals surface area contributed by atoms with Crippen LogP contribution in [0.2, 0.25) is 0 Å². The van der Waals surface area contributed by atoms with E-state index in [2.05, 4.69) is 0 Å². The molecule has 0 unspecified atom stereocenters. The highest BCUT2D eigenvalue weighted by Gasteiger charge is 2.26. The molecule has 0 spiro atoms. The number of ether oxygens (including phenoxy) is 1. The Labute approximate surface area is 154 Å². The molecule has 138 valence electrons. The Bertz CT molecular complexity index is 858. The molecule has 0 saturated carbocycles. The number of sulfonamides is 1. The minimum absolute atomic E-state index is 0.140. The first-order valence-electron chi connectivity index (χ1n) is 8.84. The maximum atomic E-state index is 12.8. The van der Waals surface area contributed by atoms with Crippen molar-refractivity contribution in [1.29, 1.82) is 0 Å². The standard InChI is InChI=1S/C20H23NO4S/c1-16(17-9-4-2-5-10-17)25-20(22)18-11-8-12-19(15-18)26(23,24)21-13-6-3-7-14-21/h2,4-5,8-12,15-16H,3,6-7,13-14H2,1H3/t16-/m1/s1. The molecule has 1 aliphatic heterocycles. The van der Waals surface area contributed by atoms with Crippen LogP contribution in [0.5, 0.6) is 0 Å². The number of rotatable bonds is 5. The highest BCUT2D eigenvalue weighted by Crippen LogP contribution is 2.23. The fourth-order valence-corrected chi connectivity index (χ4v) is 4.62. The third kappa shape index (κ3) is 4.14. The van der Waals surface area contributed by atoms with Crippen molar-refractivity contribution in [1.82, 2.24) is 4.31 Å². The average molecular weight is 373 g/mol. The molecule has 0 N–H and O–H groups in total. The minimum Gasteiger partial charge on any atom is -0.454 e. The van der Waals surface area contributed by atoms with Gasteiger partial charge in [-0.25, -0.2) is 13.2 Å². The zero-order valence-electron chi connectivity index (χ0n) is 14.8. The summed E-state index contributed by atoms with van der Waals surface area (Å²) >= 11 is 0. The van der Waals surface area contributed by atoms with E-state index < -0.39 is 22.1 Å². The predicted octanol–water partition coefficient (Wildman–Crippen LogP) is 3.78. The number of carbonyl (C=O) groups excluding carboxylic acids is 1. The van der Waals surface area contributed by atoms with Crippen molar-refractivity contribution in [3.63, 3.8) is 0 Å². The molecule has 0 amide bonds. The van der Waals surface area contributed by atoms with Gasteiger partial charge in [0.05, 0.1) is 10.5 Å². The summed E-state index contributed by atoms with van der Waals surface area (Å²) in [5, 5.41) is 0. The lowest BCUT2D eigenvalue weighted by atomic mass is 10.1. The molecule has 1 heterocycles. The van der Waals surface area contributed by atoms with Crippen molar-refractivity contribution in [3.05, 3.63) is 65.7 Å². The Morgan fingerprint density at radius 3 is 2.38 bits per heavy atom. The lowest BCUT2D eigenvalue weighted by Crippen LogP contribution is -2.35. The molecule has 3 rings (SSSR count). The van der Waals surface area contributed by atoms with Crippen LogP contribution in [0.1, 0.15) is 48.2 Å². The van der Waals surface area contributed by atoms with Crippen LogP contribution in [0.4, 0.5) is 0 Å². The number of nitrogens with zero attached hydrogens (tertiary/aromatic N) is 1. The van der Waals surface area contributed by atoms with E-state index in [4.69, 9.17) is 4.74 Å². The second-order valence-electron chi connectivity index (χ2n) is 6.45. The van der Waals surface area contributed by atoms with Gasteiger partial charge in [-0.05, 0) is 43.5 Å². The van der Waals surface area contributed by atoms with Crippen molar-refractivity contribution < 1.29 is 17.9 Å². The Morgan fingerprint density at radius 1 is 1.00 bits per heavy atom. The molecule has 0 radical (unpaired) electrons. The van der Waals surface area contributed by atoms with Crippen LogP contribution in [-0.2, 0) is 14.8 Å². The molecule has 1 fully saturated rings.